The molecule has 4 aromatic carbocycles. The van der Waals surface area contributed by atoms with Gasteiger partial charge < -0.3 is 87.2 Å². The molecule has 0 aromatic heterocycles. The summed E-state index contributed by atoms with van der Waals surface area (Å²) in [5.74, 6) is -12.0. The second-order valence-corrected chi connectivity index (χ2v) is 32.8. The molecule has 7 aliphatic heterocycles. The predicted molar refractivity (Wildman–Crippen MR) is 484 cm³/mol. The van der Waals surface area contributed by atoms with Gasteiger partial charge in [-0.1, -0.05) is 197 Å². The summed E-state index contributed by atoms with van der Waals surface area (Å²) in [5.41, 5.74) is 6.06. The van der Waals surface area contributed by atoms with Crippen molar-refractivity contribution >= 4 is 154 Å². The molecule has 3 saturated heterocycles. The number of fused-ring (bicyclic) bond motifs is 1. The number of carbonyl (C=O) groups is 16. The minimum Gasteiger partial charge on any atom is -0.480 e. The van der Waals surface area contributed by atoms with E-state index in [0.717, 1.165) is 45.8 Å². The minimum absolute atomic E-state index is 0. The van der Waals surface area contributed by atoms with Crippen LogP contribution in [0.1, 0.15) is 62.8 Å². The lowest BCUT2D eigenvalue weighted by Crippen LogP contribution is -2.70. The van der Waals surface area contributed by atoms with E-state index >= 15 is 0 Å². The number of carboxylic acid groups (broad SMARTS) is 7. The molecule has 40 nitrogen and oxygen atoms in total. The smallest absolute Gasteiger partial charge is 0.354 e. The zero-order valence-electron chi connectivity index (χ0n) is 69.7. The highest BCUT2D eigenvalue weighted by molar-refractivity contribution is 8.01. The van der Waals surface area contributed by atoms with E-state index in [1.165, 1.54) is 87.1 Å². The molecule has 10 unspecified atom stereocenters. The fraction of sp³-hybridized carbons (Fsp3) is 0.333. The highest BCUT2D eigenvalue weighted by Gasteiger charge is 2.54. The van der Waals surface area contributed by atoms with Crippen molar-refractivity contribution in [3.05, 3.63) is 238 Å². The molecule has 10 atom stereocenters. The Balaban J connectivity index is 0.000000307. The van der Waals surface area contributed by atoms with E-state index in [2.05, 4.69) is 46.9 Å². The number of rotatable bonds is 34. The molecule has 11 rings (SSSR count). The SMILES string of the molecule is C.C.CN(C)OC(=O)C/C=C/C=C1\CSC(C(NC(=O)Cc2ccccc2)C(=O)O)N=C1C(=O)O.CN1OC(=O)CC1/C=C/C1=C(C(=O)O)N2C(=O)C(NC(=O)Cc3ccccc3)C2SC1.CN1OC(=O)CC1/C=C/C1=C(C(=O)O)NC(C(NC(=O)Cc2ccccc2)C(=O)O)SC1.CNOC(=O)C/C=C/C=C1\CSC(C(NC(=O)Cc2ccccc2)C(=O)O)N=C1C(=O)O.O. The number of thioether (sulfide) groups is 4. The van der Waals surface area contributed by atoms with Crippen molar-refractivity contribution in [1.82, 2.24) is 52.2 Å². The Bertz CT molecular complexity index is 5130. The van der Waals surface area contributed by atoms with Crippen LogP contribution in [-0.4, -0.2) is 284 Å². The van der Waals surface area contributed by atoms with Crippen LogP contribution in [0.25, 0.3) is 0 Å². The number of aliphatic imine (C=N–C) groups is 2. The van der Waals surface area contributed by atoms with Crippen molar-refractivity contribution in [2.45, 2.75) is 124 Å². The van der Waals surface area contributed by atoms with Gasteiger partial charge in [-0.3, -0.25) is 58.0 Å². The predicted octanol–water partition coefficient (Wildman–Crippen LogP) is 3.89. The van der Waals surface area contributed by atoms with E-state index in [9.17, 15) is 112 Å². The van der Waals surface area contributed by atoms with Gasteiger partial charge in [0.1, 0.15) is 50.4 Å². The van der Waals surface area contributed by atoms with Gasteiger partial charge in [0, 0.05) is 58.2 Å². The summed E-state index contributed by atoms with van der Waals surface area (Å²) >= 11 is 4.76. The largest absolute Gasteiger partial charge is 0.480 e. The number of likely N-dealkylation sites (N-methyl/N-ethyl adjacent to an activating group) is 2. The Labute approximate surface area is 769 Å². The Morgan fingerprint density at radius 3 is 1.27 bits per heavy atom. The van der Waals surface area contributed by atoms with Gasteiger partial charge in [-0.05, 0) is 44.5 Å². The number of nitrogens with one attached hydrogen (secondary N) is 6. The van der Waals surface area contributed by atoms with Crippen molar-refractivity contribution in [2.24, 2.45) is 9.98 Å². The molecule has 15 N–H and O–H groups in total. The van der Waals surface area contributed by atoms with Gasteiger partial charge in [0.15, 0.2) is 18.1 Å². The Morgan fingerprint density at radius 1 is 0.519 bits per heavy atom. The lowest BCUT2D eigenvalue weighted by molar-refractivity contribution is -0.177. The highest BCUT2D eigenvalue weighted by atomic mass is 32.2. The Kier molecular flexibility index (Phi) is 44.3. The van der Waals surface area contributed by atoms with Gasteiger partial charge >= 0.3 is 65.7 Å². The molecule has 3 fully saturated rings. The molecule has 0 spiro atoms. The standard InChI is InChI=1S/C22H25N3O7S.2C21H23N3O7S.C21H21N3O6S.2CH4.H2O/c1-25(2)32-17(27)11-7-6-10-15-13-33-20(24-18(15)21(28)29)19(22(30)31)23-16(26)12-14-8-4-3-5-9-14;1-24-14(10-16(26)31-24)8-7-13-11-32-19(23-17(13)20(27)28)18(21(29)30)22-15(25)9-12-5-3-2-4-6-12;1-22-31-16(26)10-6-5-9-14-12-32-19(24-17(14)20(27)28)18(21(29)30)23-15(25)11-13-7-3-2-4-8-13;1-23-14(10-16(26)30-23)8-7-13-11-31-20-17(19(27)24(20)18(13)21(28)29)22-15(25)9-12-5-3-2-4-6-12;;;/h3-10,19-20H,11-13H2,1-2H3,(H,23,26)(H,28,29)(H,30,31);2-8,14,18-19,23H,9-11H2,1H3,(H,22,25)(H,27,28)(H,29,30);2-9,18-19,22H,10-12H2,1H3,(H,23,25)(H,27,28)(H,29,30);2-8,14,17,20H,9-11H2,1H3,(H,22,25)(H,28,29);2*1H4;1H2/b7-6+,15-10+;8-7+;6-5+,14-9+;8-7+;;;. The van der Waals surface area contributed by atoms with E-state index in [0.29, 0.717) is 28.0 Å². The van der Waals surface area contributed by atoms with Crippen molar-refractivity contribution in [3.63, 3.8) is 0 Å². The zero-order chi connectivity index (χ0) is 93.3. The highest BCUT2D eigenvalue weighted by Crippen LogP contribution is 2.41. The lowest BCUT2D eigenvalue weighted by Gasteiger charge is -2.49. The topological polar surface area (TPSA) is 593 Å². The number of aliphatic carboxylic acids is 7. The van der Waals surface area contributed by atoms with Crippen molar-refractivity contribution < 1.29 is 137 Å². The second kappa shape index (κ2) is 53.6. The molecule has 5 amide bonds. The molecule has 131 heavy (non-hydrogen) atoms. The van der Waals surface area contributed by atoms with Gasteiger partial charge in [0.05, 0.1) is 63.5 Å². The summed E-state index contributed by atoms with van der Waals surface area (Å²) < 4.78 is 0. The fourth-order valence-electron chi connectivity index (χ4n) is 12.6. The van der Waals surface area contributed by atoms with E-state index in [1.54, 1.807) is 137 Å². The van der Waals surface area contributed by atoms with Gasteiger partial charge in [-0.25, -0.2) is 33.6 Å². The number of hydrogen-bond donors (Lipinski definition) is 13. The molecule has 7 heterocycles. The number of nitrogens with zero attached hydrogens (tertiary/aromatic N) is 6. The van der Waals surface area contributed by atoms with Crippen LogP contribution in [-0.2, 0) is 122 Å². The number of hydrogen-bond acceptors (Lipinski definition) is 31. The third-order valence-corrected chi connectivity index (χ3v) is 23.6. The minimum atomic E-state index is -1.39. The molecule has 4 aromatic rings. The van der Waals surface area contributed by atoms with Gasteiger partial charge in [-0.2, -0.15) is 5.48 Å². The van der Waals surface area contributed by atoms with Crippen LogP contribution < -0.4 is 32.1 Å². The van der Waals surface area contributed by atoms with Crippen LogP contribution in [0, 0.1) is 0 Å². The van der Waals surface area contributed by atoms with E-state index < -0.39 is 123 Å². The number of benzene rings is 4. The number of amides is 5. The van der Waals surface area contributed by atoms with Crippen molar-refractivity contribution in [1.29, 1.82) is 0 Å². The van der Waals surface area contributed by atoms with Crippen LogP contribution in [0.4, 0.5) is 0 Å². The summed E-state index contributed by atoms with van der Waals surface area (Å²) in [4.78, 5) is 219. The number of carbonyl (C=O) groups excluding carboxylic acids is 9. The van der Waals surface area contributed by atoms with Crippen LogP contribution in [0.2, 0.25) is 0 Å². The molecule has 0 radical (unpaired) electrons. The van der Waals surface area contributed by atoms with E-state index in [-0.39, 0.29) is 142 Å². The first-order valence-electron chi connectivity index (χ1n) is 38.9. The zero-order valence-corrected chi connectivity index (χ0v) is 73.0. The maximum atomic E-state index is 12.7. The van der Waals surface area contributed by atoms with Crippen LogP contribution >= 0.6 is 47.0 Å². The first-order valence-corrected chi connectivity index (χ1v) is 43.1. The maximum Gasteiger partial charge on any atom is 0.354 e. The summed E-state index contributed by atoms with van der Waals surface area (Å²) in [6.07, 6.45) is 16.0. The molecule has 7 aliphatic rings. The molecular formula is C87H102N12O28S4. The summed E-state index contributed by atoms with van der Waals surface area (Å²) in [6, 6.07) is 30.2. The van der Waals surface area contributed by atoms with Crippen molar-refractivity contribution in [2.75, 3.05) is 58.2 Å². The van der Waals surface area contributed by atoms with E-state index in [1.807, 2.05) is 36.4 Å². The van der Waals surface area contributed by atoms with Gasteiger partial charge in [0.25, 0.3) is 5.91 Å². The average molecular weight is 1890 g/mol. The number of hydroxylamine groups is 7. The second-order valence-electron chi connectivity index (χ2n) is 28.4. The Morgan fingerprint density at radius 2 is 0.908 bits per heavy atom. The fourth-order valence-corrected chi connectivity index (χ4v) is 17.4. The van der Waals surface area contributed by atoms with Crippen LogP contribution in [0.3, 0.4) is 0 Å². The molecule has 0 aliphatic carbocycles. The number of carboxylic acids is 7. The third-order valence-electron chi connectivity index (χ3n) is 18.7. The summed E-state index contributed by atoms with van der Waals surface area (Å²) in [6.45, 7) is 0. The number of allylic oxidation sites excluding steroid dienone is 6. The average Bonchev–Trinajstić information content (AvgIpc) is 1.04. The summed E-state index contributed by atoms with van der Waals surface area (Å²) in [5, 5.41) is 80.7. The lowest BCUT2D eigenvalue weighted by atomic mass is 10.0. The molecule has 0 saturated carbocycles. The molecule has 44 heteroatoms. The molecular weight excluding hydrogens is 1790 g/mol. The Hall–Kier alpha value is -13.3. The van der Waals surface area contributed by atoms with Crippen LogP contribution in [0.15, 0.2) is 226 Å². The molecule has 0 bridgehead atoms. The quantitative estimate of drug-likeness (QED) is 0.0233. The normalized spacial score (nSPS) is 20.6. The maximum absolute atomic E-state index is 12.7. The number of β-lactam (4-membered cyclic amide) rings is 1. The van der Waals surface area contributed by atoms with Gasteiger partial charge in [-0.15, -0.1) is 62.2 Å². The third kappa shape index (κ3) is 33.6. The first kappa shape index (κ1) is 108. The van der Waals surface area contributed by atoms with Crippen molar-refractivity contribution in [3.8, 4) is 0 Å². The first-order chi connectivity index (χ1) is 61.1. The van der Waals surface area contributed by atoms with Gasteiger partial charge in [0.2, 0.25) is 23.6 Å². The monoisotopic (exact) mass is 1890 g/mol. The van der Waals surface area contributed by atoms with Crippen LogP contribution in [0.5, 0.6) is 0 Å². The van der Waals surface area contributed by atoms with E-state index in [4.69, 9.17) is 14.5 Å². The molecule has 702 valence electrons. The summed E-state index contributed by atoms with van der Waals surface area (Å²) in [7, 11) is 7.82.